The van der Waals surface area contributed by atoms with Crippen LogP contribution in [0.1, 0.15) is 26.3 Å². The molecule has 6 nitrogen and oxygen atoms in total. The van der Waals surface area contributed by atoms with Gasteiger partial charge in [-0.05, 0) is 57.0 Å². The van der Waals surface area contributed by atoms with Crippen LogP contribution in [0.15, 0.2) is 59.5 Å². The van der Waals surface area contributed by atoms with Gasteiger partial charge in [0, 0.05) is 13.1 Å². The molecule has 0 amide bonds. The summed E-state index contributed by atoms with van der Waals surface area (Å²) in [4.78, 5) is 11.3. The summed E-state index contributed by atoms with van der Waals surface area (Å²) < 4.78 is 32.1. The number of carbonyl (C=O) groups is 1. The zero-order valence-corrected chi connectivity index (χ0v) is 19.7. The number of nitrogens with zero attached hydrogens (tertiary/aromatic N) is 1. The molecule has 0 spiro atoms. The van der Waals surface area contributed by atoms with Gasteiger partial charge in [0.25, 0.3) is 0 Å². The molecule has 0 radical (unpaired) electrons. The van der Waals surface area contributed by atoms with Gasteiger partial charge in [-0.25, -0.2) is 8.42 Å². The second-order valence-electron chi connectivity index (χ2n) is 6.93. The Bertz CT molecular complexity index is 883. The molecule has 0 bridgehead atoms. The Hall–Kier alpha value is -1.38. The van der Waals surface area contributed by atoms with Crippen LogP contribution in [0.3, 0.4) is 0 Å². The minimum Gasteiger partial charge on any atom is -0.546 e. The Morgan fingerprint density at radius 2 is 1.64 bits per heavy atom. The number of carboxylic acids is 1. The molecule has 0 aliphatic rings. The molecule has 2 rings (SSSR count). The average molecular weight is 413 g/mol. The van der Waals surface area contributed by atoms with Crippen LogP contribution in [0, 0.1) is 0 Å². The summed E-state index contributed by atoms with van der Waals surface area (Å²) in [6.45, 7) is 4.67. The van der Waals surface area contributed by atoms with Crippen LogP contribution in [-0.2, 0) is 21.2 Å². The number of likely N-dealkylation sites (N-methyl/N-ethyl adjacent to an activating group) is 1. The predicted molar refractivity (Wildman–Crippen MR) is 101 cm³/mol. The fraction of sp³-hybridized carbons (Fsp3) is 0.350. The molecule has 0 saturated carbocycles. The number of hydrogen-bond donors (Lipinski definition) is 0. The third kappa shape index (κ3) is 6.06. The van der Waals surface area contributed by atoms with Gasteiger partial charge in [0.2, 0.25) is 10.0 Å². The zero-order chi connectivity index (χ0) is 20.2. The number of rotatable bonds is 8. The molecule has 0 saturated heterocycles. The van der Waals surface area contributed by atoms with E-state index < -0.39 is 21.6 Å². The smallest absolute Gasteiger partial charge is 0.546 e. The van der Waals surface area contributed by atoms with E-state index in [0.29, 0.717) is 12.2 Å². The summed E-state index contributed by atoms with van der Waals surface area (Å²) in [7, 11) is -2.00. The van der Waals surface area contributed by atoms with Crippen molar-refractivity contribution in [3.05, 3.63) is 60.2 Å². The summed E-state index contributed by atoms with van der Waals surface area (Å²) in [5, 5.41) is 11.0. The maximum Gasteiger partial charge on any atom is 1.00 e. The van der Waals surface area contributed by atoms with Gasteiger partial charge in [-0.3, -0.25) is 0 Å². The Labute approximate surface area is 188 Å². The number of benzene rings is 2. The summed E-state index contributed by atoms with van der Waals surface area (Å²) in [6, 6.07) is 15.0. The third-order valence-corrected chi connectivity index (χ3v) is 6.35. The first-order valence-corrected chi connectivity index (χ1v) is 10.0. The van der Waals surface area contributed by atoms with Crippen LogP contribution in [0.2, 0.25) is 0 Å². The van der Waals surface area contributed by atoms with Crippen molar-refractivity contribution in [3.8, 4) is 5.75 Å². The Kier molecular flexibility index (Phi) is 8.71. The van der Waals surface area contributed by atoms with E-state index in [0.717, 1.165) is 5.56 Å². The second kappa shape index (κ2) is 9.89. The van der Waals surface area contributed by atoms with Gasteiger partial charge in [-0.15, -0.1) is 0 Å². The molecular weight excluding hydrogens is 389 g/mol. The van der Waals surface area contributed by atoms with Crippen LogP contribution in [0.25, 0.3) is 0 Å². The van der Waals surface area contributed by atoms with Crippen molar-refractivity contribution in [1.29, 1.82) is 0 Å². The largest absolute Gasteiger partial charge is 1.00 e. The first-order chi connectivity index (χ1) is 12.5. The van der Waals surface area contributed by atoms with Gasteiger partial charge < -0.3 is 14.6 Å². The molecule has 2 aromatic rings. The fourth-order valence-electron chi connectivity index (χ4n) is 2.50. The number of carboxylic acid groups (broad SMARTS) is 1. The molecule has 1 atom stereocenters. The molecule has 0 fully saturated rings. The first kappa shape index (κ1) is 24.7. The van der Waals surface area contributed by atoms with Gasteiger partial charge in [0.15, 0.2) is 0 Å². The molecule has 2 aromatic carbocycles. The Morgan fingerprint density at radius 1 is 1.11 bits per heavy atom. The maximum absolute atomic E-state index is 12.7. The van der Waals surface area contributed by atoms with E-state index in [1.807, 2.05) is 6.92 Å². The van der Waals surface area contributed by atoms with Crippen molar-refractivity contribution in [2.24, 2.45) is 0 Å². The van der Waals surface area contributed by atoms with E-state index in [9.17, 15) is 18.3 Å². The van der Waals surface area contributed by atoms with E-state index in [4.69, 9.17) is 4.74 Å². The number of ether oxygens (including phenoxy) is 1. The van der Waals surface area contributed by atoms with E-state index in [-0.39, 0.29) is 40.5 Å². The second-order valence-corrected chi connectivity index (χ2v) is 8.93. The van der Waals surface area contributed by atoms with E-state index in [2.05, 4.69) is 0 Å². The zero-order valence-electron chi connectivity index (χ0n) is 16.9. The van der Waals surface area contributed by atoms with Crippen molar-refractivity contribution in [2.45, 2.75) is 43.7 Å². The SMILES string of the molecule is C[C@@H](Cc1ccc(OC(C)(C)C(=O)[O-])cc1)N(C)S(=O)(=O)c1ccccc1.[Na+]. The fourth-order valence-corrected chi connectivity index (χ4v) is 3.88. The quantitative estimate of drug-likeness (QED) is 0.510. The molecule has 0 N–H and O–H groups in total. The molecule has 146 valence electrons. The van der Waals surface area contributed by atoms with Crippen molar-refractivity contribution < 1.29 is 52.6 Å². The van der Waals surface area contributed by atoms with Crippen LogP contribution in [-0.4, -0.2) is 37.4 Å². The van der Waals surface area contributed by atoms with Gasteiger partial charge in [0.05, 0.1) is 10.9 Å². The molecule has 0 heterocycles. The standard InChI is InChI=1S/C20H25NO5S.Na/c1-15(21(4)27(24,25)18-8-6-5-7-9-18)14-16-10-12-17(13-11-16)26-20(2,3)19(22)23;/h5-13,15H,14H2,1-4H3,(H,22,23);/q;+1/p-1/t15-;/m0./s1. The molecule has 8 heteroatoms. The van der Waals surface area contributed by atoms with Crippen LogP contribution in [0.5, 0.6) is 5.75 Å². The van der Waals surface area contributed by atoms with Crippen LogP contribution >= 0.6 is 0 Å². The van der Waals surface area contributed by atoms with Crippen molar-refractivity contribution in [3.63, 3.8) is 0 Å². The van der Waals surface area contributed by atoms with Gasteiger partial charge >= 0.3 is 29.6 Å². The van der Waals surface area contributed by atoms with E-state index in [1.54, 1.807) is 61.6 Å². The Morgan fingerprint density at radius 3 is 2.14 bits per heavy atom. The van der Waals surface area contributed by atoms with Crippen molar-refractivity contribution >= 4 is 16.0 Å². The summed E-state index contributed by atoms with van der Waals surface area (Å²) in [6.07, 6.45) is 0.507. The monoisotopic (exact) mass is 413 g/mol. The van der Waals surface area contributed by atoms with Crippen molar-refractivity contribution in [1.82, 2.24) is 4.31 Å². The Balaban J connectivity index is 0.00000392. The van der Waals surface area contributed by atoms with E-state index >= 15 is 0 Å². The third-order valence-electron chi connectivity index (χ3n) is 4.36. The topological polar surface area (TPSA) is 86.7 Å². The maximum atomic E-state index is 12.7. The molecule has 0 aliphatic carbocycles. The van der Waals surface area contributed by atoms with Gasteiger partial charge in [-0.1, -0.05) is 30.3 Å². The number of carbonyl (C=O) groups excluding carboxylic acids is 1. The number of hydrogen-bond acceptors (Lipinski definition) is 5. The molecule has 0 unspecified atom stereocenters. The minimum atomic E-state index is -3.56. The van der Waals surface area contributed by atoms with E-state index in [1.165, 1.54) is 18.2 Å². The summed E-state index contributed by atoms with van der Waals surface area (Å²) in [5.74, 6) is -0.890. The minimum absolute atomic E-state index is 0. The molecule has 0 aromatic heterocycles. The van der Waals surface area contributed by atoms with Crippen LogP contribution in [0.4, 0.5) is 0 Å². The molecule has 28 heavy (non-hydrogen) atoms. The van der Waals surface area contributed by atoms with Crippen molar-refractivity contribution in [2.75, 3.05) is 7.05 Å². The first-order valence-electron chi connectivity index (χ1n) is 8.56. The predicted octanol–water partition coefficient (Wildman–Crippen LogP) is -1.15. The summed E-state index contributed by atoms with van der Waals surface area (Å²) in [5.41, 5.74) is -0.519. The molecular formula is C20H24NNaO5S. The van der Waals surface area contributed by atoms with Crippen LogP contribution < -0.4 is 39.4 Å². The average Bonchev–Trinajstić information content (AvgIpc) is 2.63. The van der Waals surface area contributed by atoms with Gasteiger partial charge in [0.1, 0.15) is 11.4 Å². The number of sulfonamides is 1. The molecule has 0 aliphatic heterocycles. The van der Waals surface area contributed by atoms with Gasteiger partial charge in [-0.2, -0.15) is 4.31 Å². The normalized spacial score (nSPS) is 12.9. The number of aliphatic carboxylic acids is 1. The summed E-state index contributed by atoms with van der Waals surface area (Å²) >= 11 is 0.